The first-order valence-corrected chi connectivity index (χ1v) is 5.42. The van der Waals surface area contributed by atoms with E-state index < -0.39 is 0 Å². The maximum absolute atomic E-state index is 11.0. The van der Waals surface area contributed by atoms with Crippen molar-refractivity contribution in [3.63, 3.8) is 0 Å². The molecular weight excluding hydrogens is 224 g/mol. The normalized spacial score (nSPS) is 9.19. The zero-order chi connectivity index (χ0) is 12.0. The smallest absolute Gasteiger partial charge is 0.317 e. The minimum absolute atomic E-state index is 0.0953. The summed E-state index contributed by atoms with van der Waals surface area (Å²) in [4.78, 5) is 11.0. The lowest BCUT2D eigenvalue weighted by Crippen LogP contribution is -2.01. The quantitative estimate of drug-likeness (QED) is 0.583. The Bertz CT molecular complexity index is 441. The second-order valence-corrected chi connectivity index (χ2v) is 3.67. The van der Waals surface area contributed by atoms with Gasteiger partial charge in [-0.1, -0.05) is 29.5 Å². The van der Waals surface area contributed by atoms with Crippen LogP contribution < -0.4 is 0 Å². The molecule has 0 aliphatic carbocycles. The summed E-state index contributed by atoms with van der Waals surface area (Å²) in [6.07, 6.45) is 0.0953. The van der Waals surface area contributed by atoms with E-state index in [-0.39, 0.29) is 12.4 Å². The van der Waals surface area contributed by atoms with Gasteiger partial charge in [0.15, 0.2) is 0 Å². The molecule has 0 aliphatic heterocycles. The molecule has 0 spiro atoms. The molecule has 0 unspecified atom stereocenters. The van der Waals surface area contributed by atoms with Crippen molar-refractivity contribution < 1.29 is 9.53 Å². The van der Waals surface area contributed by atoms with Gasteiger partial charge >= 0.3 is 5.97 Å². The van der Waals surface area contributed by atoms with Crippen LogP contribution in [0.4, 0.5) is 0 Å². The number of carbonyl (C=O) groups is 1. The number of hydrogen-bond donors (Lipinski definition) is 0. The summed E-state index contributed by atoms with van der Waals surface area (Å²) in [5.74, 6) is 5.30. The van der Waals surface area contributed by atoms with Gasteiger partial charge in [-0.25, -0.2) is 0 Å². The molecule has 1 aromatic rings. The summed E-state index contributed by atoms with van der Waals surface area (Å²) in [6, 6.07) is 5.60. The molecule has 0 N–H and O–H groups in total. The fourth-order valence-electron chi connectivity index (χ4n) is 1.16. The Balaban J connectivity index is 2.69. The summed E-state index contributed by atoms with van der Waals surface area (Å²) in [6.45, 7) is 4.11. The molecule has 16 heavy (non-hydrogen) atoms. The highest BCUT2D eigenvalue weighted by molar-refractivity contribution is 6.31. The second-order valence-electron chi connectivity index (χ2n) is 3.27. The van der Waals surface area contributed by atoms with E-state index in [1.54, 1.807) is 13.0 Å². The topological polar surface area (TPSA) is 26.3 Å². The summed E-state index contributed by atoms with van der Waals surface area (Å²) >= 11 is 5.95. The van der Waals surface area contributed by atoms with Gasteiger partial charge in [-0.2, -0.15) is 0 Å². The molecule has 3 heteroatoms. The number of aryl methyl sites for hydroxylation is 1. The van der Waals surface area contributed by atoms with Gasteiger partial charge in [-0.15, -0.1) is 0 Å². The maximum Gasteiger partial charge on any atom is 0.317 e. The SMILES string of the molecule is CCOC(=O)CC#Cc1cc(C)ccc1Cl. The second kappa shape index (κ2) is 6.19. The van der Waals surface area contributed by atoms with Gasteiger partial charge in [0.2, 0.25) is 0 Å². The fourth-order valence-corrected chi connectivity index (χ4v) is 1.32. The highest BCUT2D eigenvalue weighted by Crippen LogP contribution is 2.15. The number of carbonyl (C=O) groups excluding carboxylic acids is 1. The molecule has 84 valence electrons. The van der Waals surface area contributed by atoms with Crippen LogP contribution in [0.2, 0.25) is 5.02 Å². The van der Waals surface area contributed by atoms with Crippen molar-refractivity contribution in [3.8, 4) is 11.8 Å². The van der Waals surface area contributed by atoms with E-state index in [4.69, 9.17) is 16.3 Å². The first-order valence-electron chi connectivity index (χ1n) is 5.04. The molecule has 0 bridgehead atoms. The third-order valence-electron chi connectivity index (χ3n) is 1.88. The van der Waals surface area contributed by atoms with E-state index in [0.717, 1.165) is 11.1 Å². The predicted octanol–water partition coefficient (Wildman–Crippen LogP) is 2.95. The zero-order valence-corrected chi connectivity index (χ0v) is 10.1. The minimum Gasteiger partial charge on any atom is -0.465 e. The third kappa shape index (κ3) is 3.96. The van der Waals surface area contributed by atoms with Crippen LogP contribution in [-0.4, -0.2) is 12.6 Å². The molecule has 0 fully saturated rings. The van der Waals surface area contributed by atoms with E-state index in [1.165, 1.54) is 0 Å². The van der Waals surface area contributed by atoms with Crippen molar-refractivity contribution >= 4 is 17.6 Å². The first-order chi connectivity index (χ1) is 7.63. The average Bonchev–Trinajstić information content (AvgIpc) is 2.23. The van der Waals surface area contributed by atoms with Crippen LogP contribution in [0.15, 0.2) is 18.2 Å². The van der Waals surface area contributed by atoms with E-state index >= 15 is 0 Å². The molecule has 0 aliphatic rings. The molecule has 0 saturated carbocycles. The Labute approximate surface area is 101 Å². The van der Waals surface area contributed by atoms with Gasteiger partial charge in [0.25, 0.3) is 0 Å². The van der Waals surface area contributed by atoms with Crippen molar-refractivity contribution in [2.45, 2.75) is 20.3 Å². The standard InChI is InChI=1S/C13H13ClO2/c1-3-16-13(15)6-4-5-11-9-10(2)7-8-12(11)14/h7-9H,3,6H2,1-2H3. The highest BCUT2D eigenvalue weighted by atomic mass is 35.5. The Morgan fingerprint density at radius 1 is 1.50 bits per heavy atom. The monoisotopic (exact) mass is 236 g/mol. The number of benzene rings is 1. The minimum atomic E-state index is -0.307. The molecule has 1 rings (SSSR count). The molecule has 0 heterocycles. The molecule has 0 aromatic heterocycles. The lowest BCUT2D eigenvalue weighted by Gasteiger charge is -1.97. The van der Waals surface area contributed by atoms with Crippen molar-refractivity contribution in [3.05, 3.63) is 34.3 Å². The Kier molecular flexibility index (Phi) is 4.88. The number of ether oxygens (including phenoxy) is 1. The summed E-state index contributed by atoms with van der Waals surface area (Å²) in [5.41, 5.74) is 1.83. The number of esters is 1. The van der Waals surface area contributed by atoms with Crippen LogP contribution in [-0.2, 0) is 9.53 Å². The molecule has 2 nitrogen and oxygen atoms in total. The first kappa shape index (κ1) is 12.6. The van der Waals surface area contributed by atoms with Gasteiger partial charge in [0.05, 0.1) is 11.6 Å². The Morgan fingerprint density at radius 2 is 2.25 bits per heavy atom. The van der Waals surface area contributed by atoms with Crippen LogP contribution in [0.25, 0.3) is 0 Å². The van der Waals surface area contributed by atoms with Crippen LogP contribution in [0, 0.1) is 18.8 Å². The average molecular weight is 237 g/mol. The fraction of sp³-hybridized carbons (Fsp3) is 0.308. The predicted molar refractivity (Wildman–Crippen MR) is 64.3 cm³/mol. The van der Waals surface area contributed by atoms with Crippen LogP contribution in [0.1, 0.15) is 24.5 Å². The summed E-state index contributed by atoms with van der Waals surface area (Å²) in [5, 5.41) is 0.599. The Hall–Kier alpha value is -1.46. The van der Waals surface area contributed by atoms with E-state index in [1.807, 2.05) is 19.1 Å². The van der Waals surface area contributed by atoms with Crippen LogP contribution in [0.5, 0.6) is 0 Å². The highest BCUT2D eigenvalue weighted by Gasteiger charge is 1.98. The number of rotatable bonds is 2. The van der Waals surface area contributed by atoms with Gasteiger partial charge in [0, 0.05) is 5.56 Å². The molecule has 1 aromatic carbocycles. The molecule has 0 amide bonds. The van der Waals surface area contributed by atoms with E-state index in [9.17, 15) is 4.79 Å². The number of halogens is 1. The van der Waals surface area contributed by atoms with Crippen molar-refractivity contribution in [2.75, 3.05) is 6.61 Å². The third-order valence-corrected chi connectivity index (χ3v) is 2.21. The summed E-state index contributed by atoms with van der Waals surface area (Å²) in [7, 11) is 0. The lowest BCUT2D eigenvalue weighted by molar-refractivity contribution is -0.141. The molecule has 0 atom stereocenters. The van der Waals surface area contributed by atoms with Crippen molar-refractivity contribution in [1.29, 1.82) is 0 Å². The van der Waals surface area contributed by atoms with Crippen molar-refractivity contribution in [2.24, 2.45) is 0 Å². The zero-order valence-electron chi connectivity index (χ0n) is 9.34. The maximum atomic E-state index is 11.0. The van der Waals surface area contributed by atoms with Gasteiger partial charge in [-0.05, 0) is 31.5 Å². The largest absolute Gasteiger partial charge is 0.465 e. The van der Waals surface area contributed by atoms with Crippen LogP contribution in [0.3, 0.4) is 0 Å². The van der Waals surface area contributed by atoms with Gasteiger partial charge in [0.1, 0.15) is 6.42 Å². The van der Waals surface area contributed by atoms with Crippen molar-refractivity contribution in [1.82, 2.24) is 0 Å². The van der Waals surface area contributed by atoms with E-state index in [0.29, 0.717) is 11.6 Å². The molecule has 0 saturated heterocycles. The Morgan fingerprint density at radius 3 is 2.94 bits per heavy atom. The molecular formula is C13H13ClO2. The molecule has 0 radical (unpaired) electrons. The van der Waals surface area contributed by atoms with Crippen LogP contribution >= 0.6 is 11.6 Å². The summed E-state index contributed by atoms with van der Waals surface area (Å²) < 4.78 is 4.76. The number of hydrogen-bond acceptors (Lipinski definition) is 2. The van der Waals surface area contributed by atoms with Gasteiger partial charge in [-0.3, -0.25) is 4.79 Å². The van der Waals surface area contributed by atoms with Gasteiger partial charge < -0.3 is 4.74 Å². The van der Waals surface area contributed by atoms with E-state index in [2.05, 4.69) is 11.8 Å². The lowest BCUT2D eigenvalue weighted by atomic mass is 10.1.